The molecule has 0 N–H and O–H groups in total. The summed E-state index contributed by atoms with van der Waals surface area (Å²) < 4.78 is 2.39. The van der Waals surface area contributed by atoms with Crippen LogP contribution in [0.25, 0.3) is 11.0 Å². The molecule has 1 aromatic heterocycles. The summed E-state index contributed by atoms with van der Waals surface area (Å²) in [5.41, 5.74) is 2.30. The summed E-state index contributed by atoms with van der Waals surface area (Å²) in [4.78, 5) is 22.1. The van der Waals surface area contributed by atoms with Crippen molar-refractivity contribution in [3.05, 3.63) is 24.3 Å². The third-order valence-electron chi connectivity index (χ3n) is 6.11. The number of amides is 1. The highest BCUT2D eigenvalue weighted by Crippen LogP contribution is 2.29. The zero-order valence-electron chi connectivity index (χ0n) is 16.7. The monoisotopic (exact) mass is 368 g/mol. The molecule has 0 atom stereocenters. The molecular formula is C22H32N4O. The average Bonchev–Trinajstić information content (AvgIpc) is 3.34. The Morgan fingerprint density at radius 3 is 2.52 bits per heavy atom. The van der Waals surface area contributed by atoms with Crippen LogP contribution in [0.2, 0.25) is 0 Å². The lowest BCUT2D eigenvalue weighted by molar-refractivity contribution is -0.135. The number of fused-ring (bicyclic) bond motifs is 1. The maximum atomic E-state index is 12.7. The van der Waals surface area contributed by atoms with E-state index in [1.165, 1.54) is 18.4 Å². The number of nitrogens with zero attached hydrogens (tertiary/aromatic N) is 4. The number of aryl methyl sites for hydroxylation is 1. The first-order valence-electron chi connectivity index (χ1n) is 10.6. The van der Waals surface area contributed by atoms with Crippen molar-refractivity contribution in [3.63, 3.8) is 0 Å². The van der Waals surface area contributed by atoms with Gasteiger partial charge in [-0.25, -0.2) is 4.98 Å². The minimum Gasteiger partial charge on any atom is -0.342 e. The number of carbonyl (C=O) groups excluding carboxylic acids is 1. The van der Waals surface area contributed by atoms with E-state index in [0.29, 0.717) is 11.8 Å². The van der Waals surface area contributed by atoms with Gasteiger partial charge in [0, 0.05) is 38.6 Å². The first kappa shape index (κ1) is 18.3. The van der Waals surface area contributed by atoms with Gasteiger partial charge in [0.25, 0.3) is 0 Å². The van der Waals surface area contributed by atoms with E-state index in [2.05, 4.69) is 52.5 Å². The zero-order valence-corrected chi connectivity index (χ0v) is 16.7. The van der Waals surface area contributed by atoms with Gasteiger partial charge in [-0.15, -0.1) is 0 Å². The fourth-order valence-electron chi connectivity index (χ4n) is 4.43. The molecule has 2 aromatic rings. The van der Waals surface area contributed by atoms with E-state index in [9.17, 15) is 4.79 Å². The largest absolute Gasteiger partial charge is 0.342 e. The molecule has 0 unspecified atom stereocenters. The smallest absolute Gasteiger partial charge is 0.225 e. The minimum absolute atomic E-state index is 0.202. The summed E-state index contributed by atoms with van der Waals surface area (Å²) in [6.45, 7) is 9.32. The van der Waals surface area contributed by atoms with Crippen LogP contribution >= 0.6 is 0 Å². The van der Waals surface area contributed by atoms with Crippen molar-refractivity contribution in [1.29, 1.82) is 0 Å². The van der Waals surface area contributed by atoms with Gasteiger partial charge in [-0.2, -0.15) is 0 Å². The highest BCUT2D eigenvalue weighted by molar-refractivity contribution is 5.80. The van der Waals surface area contributed by atoms with Gasteiger partial charge in [0.15, 0.2) is 0 Å². The molecule has 0 bridgehead atoms. The Labute approximate surface area is 162 Å². The number of anilines is 1. The Balaban J connectivity index is 1.49. The summed E-state index contributed by atoms with van der Waals surface area (Å²) in [6, 6.07) is 8.44. The summed E-state index contributed by atoms with van der Waals surface area (Å²) in [5.74, 6) is 2.35. The standard InChI is InChI=1S/C22H32N4O/c1-17(2)9-16-26-20-8-4-3-7-19(20)23-22(26)25-14-10-18(11-15-25)21(27)24-12-5-6-13-24/h3-4,7-8,17-18H,5-6,9-16H2,1-2H3. The van der Waals surface area contributed by atoms with E-state index >= 15 is 0 Å². The van der Waals surface area contributed by atoms with Crippen molar-refractivity contribution >= 4 is 22.9 Å². The SMILES string of the molecule is CC(C)CCn1c(N2CCC(C(=O)N3CCCC3)CC2)nc2ccccc21. The first-order chi connectivity index (χ1) is 13.1. The molecule has 0 saturated carbocycles. The number of carbonyl (C=O) groups is 1. The molecule has 1 amide bonds. The average molecular weight is 369 g/mol. The van der Waals surface area contributed by atoms with Crippen LogP contribution in [0.3, 0.4) is 0 Å². The number of likely N-dealkylation sites (tertiary alicyclic amines) is 1. The molecule has 2 fully saturated rings. The second-order valence-electron chi connectivity index (χ2n) is 8.53. The van der Waals surface area contributed by atoms with Crippen molar-refractivity contribution in [2.24, 2.45) is 11.8 Å². The van der Waals surface area contributed by atoms with Crippen LogP contribution in [-0.2, 0) is 11.3 Å². The van der Waals surface area contributed by atoms with E-state index in [0.717, 1.165) is 63.5 Å². The van der Waals surface area contributed by atoms with Crippen LogP contribution in [0, 0.1) is 11.8 Å². The molecule has 0 radical (unpaired) electrons. The molecule has 27 heavy (non-hydrogen) atoms. The van der Waals surface area contributed by atoms with Gasteiger partial charge in [-0.3, -0.25) is 4.79 Å². The Morgan fingerprint density at radius 1 is 1.11 bits per heavy atom. The first-order valence-corrected chi connectivity index (χ1v) is 10.6. The molecule has 3 heterocycles. The van der Waals surface area contributed by atoms with Crippen molar-refractivity contribution in [3.8, 4) is 0 Å². The molecule has 146 valence electrons. The molecule has 4 rings (SSSR count). The van der Waals surface area contributed by atoms with Gasteiger partial charge in [0.1, 0.15) is 0 Å². The summed E-state index contributed by atoms with van der Waals surface area (Å²) >= 11 is 0. The maximum absolute atomic E-state index is 12.7. The van der Waals surface area contributed by atoms with E-state index < -0.39 is 0 Å². The molecule has 5 heteroatoms. The Hall–Kier alpha value is -2.04. The Bertz CT molecular complexity index is 783. The van der Waals surface area contributed by atoms with Crippen LogP contribution in [0.1, 0.15) is 46.0 Å². The van der Waals surface area contributed by atoms with Gasteiger partial charge in [-0.1, -0.05) is 26.0 Å². The van der Waals surface area contributed by atoms with Crippen LogP contribution in [-0.4, -0.2) is 46.5 Å². The minimum atomic E-state index is 0.202. The predicted octanol–water partition coefficient (Wildman–Crippen LogP) is 3.92. The van der Waals surface area contributed by atoms with Gasteiger partial charge in [0.05, 0.1) is 11.0 Å². The fourth-order valence-corrected chi connectivity index (χ4v) is 4.43. The topological polar surface area (TPSA) is 41.4 Å². The second kappa shape index (κ2) is 7.91. The van der Waals surface area contributed by atoms with Gasteiger partial charge >= 0.3 is 0 Å². The number of imidazole rings is 1. The van der Waals surface area contributed by atoms with Crippen LogP contribution < -0.4 is 4.90 Å². The normalized spacial score (nSPS) is 18.8. The van der Waals surface area contributed by atoms with Gasteiger partial charge < -0.3 is 14.4 Å². The number of aromatic nitrogens is 2. The van der Waals surface area contributed by atoms with Gasteiger partial charge in [-0.05, 0) is 50.2 Å². The fraction of sp³-hybridized carbons (Fsp3) is 0.636. The van der Waals surface area contributed by atoms with Gasteiger partial charge in [0.2, 0.25) is 11.9 Å². The lowest BCUT2D eigenvalue weighted by Crippen LogP contribution is -2.42. The third kappa shape index (κ3) is 3.83. The number of benzene rings is 1. The highest BCUT2D eigenvalue weighted by atomic mass is 16.2. The Morgan fingerprint density at radius 2 is 1.81 bits per heavy atom. The molecule has 2 aliphatic rings. The summed E-state index contributed by atoms with van der Waals surface area (Å²) in [5, 5.41) is 0. The summed E-state index contributed by atoms with van der Waals surface area (Å²) in [7, 11) is 0. The zero-order chi connectivity index (χ0) is 18.8. The molecule has 2 aliphatic heterocycles. The predicted molar refractivity (Wildman–Crippen MR) is 110 cm³/mol. The molecule has 5 nitrogen and oxygen atoms in total. The molecular weight excluding hydrogens is 336 g/mol. The van der Waals surface area contributed by atoms with E-state index in [-0.39, 0.29) is 5.92 Å². The van der Waals surface area contributed by atoms with Crippen molar-refractivity contribution < 1.29 is 4.79 Å². The lowest BCUT2D eigenvalue weighted by Gasteiger charge is -2.34. The quantitative estimate of drug-likeness (QED) is 0.803. The second-order valence-corrected chi connectivity index (χ2v) is 8.53. The summed E-state index contributed by atoms with van der Waals surface area (Å²) in [6.07, 6.45) is 5.39. The lowest BCUT2D eigenvalue weighted by atomic mass is 9.95. The number of piperidine rings is 1. The highest BCUT2D eigenvalue weighted by Gasteiger charge is 2.31. The number of rotatable bonds is 5. The molecule has 2 saturated heterocycles. The number of hydrogen-bond acceptors (Lipinski definition) is 3. The number of para-hydroxylation sites is 2. The maximum Gasteiger partial charge on any atom is 0.225 e. The van der Waals surface area contributed by atoms with Crippen molar-refractivity contribution in [2.45, 2.75) is 52.5 Å². The molecule has 0 aliphatic carbocycles. The van der Waals surface area contributed by atoms with Crippen LogP contribution in [0.5, 0.6) is 0 Å². The van der Waals surface area contributed by atoms with Crippen LogP contribution in [0.15, 0.2) is 24.3 Å². The molecule has 0 spiro atoms. The van der Waals surface area contributed by atoms with E-state index in [1.54, 1.807) is 0 Å². The van der Waals surface area contributed by atoms with E-state index in [1.807, 2.05) is 0 Å². The van der Waals surface area contributed by atoms with Crippen molar-refractivity contribution in [2.75, 3.05) is 31.1 Å². The van der Waals surface area contributed by atoms with E-state index in [4.69, 9.17) is 4.98 Å². The third-order valence-corrected chi connectivity index (χ3v) is 6.11. The number of hydrogen-bond donors (Lipinski definition) is 0. The Kier molecular flexibility index (Phi) is 5.37. The van der Waals surface area contributed by atoms with Crippen molar-refractivity contribution in [1.82, 2.24) is 14.5 Å². The van der Waals surface area contributed by atoms with Crippen LogP contribution in [0.4, 0.5) is 5.95 Å². The molecule has 1 aromatic carbocycles.